The van der Waals surface area contributed by atoms with Gasteiger partial charge in [-0.05, 0) is 51.4 Å². The predicted octanol–water partition coefficient (Wildman–Crippen LogP) is 2.84. The van der Waals surface area contributed by atoms with E-state index in [1.807, 2.05) is 0 Å². The van der Waals surface area contributed by atoms with Crippen molar-refractivity contribution >= 4 is 5.96 Å². The molecule has 1 saturated heterocycles. The van der Waals surface area contributed by atoms with Gasteiger partial charge in [0.2, 0.25) is 0 Å². The smallest absolute Gasteiger partial charge is 0.191 e. The number of hydrogen-bond acceptors (Lipinski definition) is 4. The van der Waals surface area contributed by atoms with Crippen molar-refractivity contribution in [1.29, 1.82) is 0 Å². The summed E-state index contributed by atoms with van der Waals surface area (Å²) in [4.78, 5) is 4.80. The molecule has 1 aromatic rings. The summed E-state index contributed by atoms with van der Waals surface area (Å²) in [6.07, 6.45) is 15.2. The Labute approximate surface area is 169 Å². The molecule has 1 fully saturated rings. The lowest BCUT2D eigenvalue weighted by Gasteiger charge is -2.21. The quantitative estimate of drug-likeness (QED) is 0.386. The van der Waals surface area contributed by atoms with E-state index in [1.165, 1.54) is 38.5 Å². The van der Waals surface area contributed by atoms with Gasteiger partial charge in [0.1, 0.15) is 12.2 Å². The topological polar surface area (TPSA) is 76.4 Å². The minimum atomic E-state index is 0.262. The van der Waals surface area contributed by atoms with Gasteiger partial charge in [-0.25, -0.2) is 0 Å². The fraction of sp³-hybridized carbons (Fsp3) is 0.762. The Morgan fingerprint density at radius 3 is 2.96 bits per heavy atom. The van der Waals surface area contributed by atoms with Crippen LogP contribution in [0, 0.1) is 0 Å². The summed E-state index contributed by atoms with van der Waals surface area (Å²) >= 11 is 0. The zero-order valence-corrected chi connectivity index (χ0v) is 17.3. The first kappa shape index (κ1) is 20.8. The highest BCUT2D eigenvalue weighted by Crippen LogP contribution is 2.19. The third-order valence-electron chi connectivity index (χ3n) is 5.51. The molecule has 1 atom stereocenters. The molecule has 0 saturated carbocycles. The monoisotopic (exact) mass is 388 g/mol. The first-order valence-corrected chi connectivity index (χ1v) is 11.0. The maximum absolute atomic E-state index is 5.83. The maximum Gasteiger partial charge on any atom is 0.191 e. The van der Waals surface area contributed by atoms with Crippen molar-refractivity contribution in [3.8, 4) is 0 Å². The summed E-state index contributed by atoms with van der Waals surface area (Å²) in [7, 11) is 0. The molecule has 2 aliphatic rings. The van der Waals surface area contributed by atoms with Gasteiger partial charge in [0.05, 0.1) is 12.6 Å². The summed E-state index contributed by atoms with van der Waals surface area (Å²) in [5.74, 6) is 1.91. The molecule has 0 bridgehead atoms. The van der Waals surface area contributed by atoms with Gasteiger partial charge in [0.25, 0.3) is 0 Å². The Morgan fingerprint density at radius 2 is 2.18 bits per heavy atom. The number of nitrogens with one attached hydrogen (secondary N) is 2. The Kier molecular flexibility index (Phi) is 8.81. The molecule has 0 spiro atoms. The SMILES string of the molecule is CCc1nncn1CCNC(=NCC1CCCCO1)NCCC1=CCCCC1. The van der Waals surface area contributed by atoms with E-state index < -0.39 is 0 Å². The average molecular weight is 389 g/mol. The summed E-state index contributed by atoms with van der Waals surface area (Å²) in [6, 6.07) is 0. The van der Waals surface area contributed by atoms with Crippen LogP contribution in [0.2, 0.25) is 0 Å². The summed E-state index contributed by atoms with van der Waals surface area (Å²) < 4.78 is 7.93. The highest BCUT2D eigenvalue weighted by molar-refractivity contribution is 5.79. The van der Waals surface area contributed by atoms with Crippen LogP contribution in [0.1, 0.15) is 64.1 Å². The zero-order valence-electron chi connectivity index (χ0n) is 17.3. The molecule has 0 radical (unpaired) electrons. The molecule has 7 nitrogen and oxygen atoms in total. The summed E-state index contributed by atoms with van der Waals surface area (Å²) in [5, 5.41) is 15.1. The number of aliphatic imine (C=N–C) groups is 1. The molecule has 0 aromatic carbocycles. The van der Waals surface area contributed by atoms with Crippen LogP contribution in [0.4, 0.5) is 0 Å². The molecule has 156 valence electrons. The van der Waals surface area contributed by atoms with E-state index in [2.05, 4.69) is 38.4 Å². The molecular weight excluding hydrogens is 352 g/mol. The predicted molar refractivity (Wildman–Crippen MR) is 112 cm³/mol. The van der Waals surface area contributed by atoms with Gasteiger partial charge in [-0.1, -0.05) is 18.6 Å². The second-order valence-corrected chi connectivity index (χ2v) is 7.68. The van der Waals surface area contributed by atoms with Gasteiger partial charge in [-0.15, -0.1) is 10.2 Å². The Balaban J connectivity index is 1.48. The van der Waals surface area contributed by atoms with Crippen LogP contribution in [-0.4, -0.2) is 53.1 Å². The summed E-state index contributed by atoms with van der Waals surface area (Å²) in [6.45, 7) is 6.26. The minimum absolute atomic E-state index is 0.262. The van der Waals surface area contributed by atoms with Gasteiger partial charge < -0.3 is 19.9 Å². The molecule has 3 rings (SSSR count). The molecule has 1 unspecified atom stereocenters. The second kappa shape index (κ2) is 11.8. The molecule has 0 amide bonds. The van der Waals surface area contributed by atoms with Crippen molar-refractivity contribution < 1.29 is 4.74 Å². The Hall–Kier alpha value is -1.89. The molecule has 2 N–H and O–H groups in total. The normalized spacial score (nSPS) is 20.7. The van der Waals surface area contributed by atoms with Gasteiger partial charge >= 0.3 is 0 Å². The summed E-state index contributed by atoms with van der Waals surface area (Å²) in [5.41, 5.74) is 1.59. The van der Waals surface area contributed by atoms with Crippen molar-refractivity contribution in [2.24, 2.45) is 4.99 Å². The van der Waals surface area contributed by atoms with E-state index in [-0.39, 0.29) is 6.10 Å². The highest BCUT2D eigenvalue weighted by atomic mass is 16.5. The number of rotatable bonds is 9. The van der Waals surface area contributed by atoms with Crippen LogP contribution in [0.25, 0.3) is 0 Å². The van der Waals surface area contributed by atoms with Crippen molar-refractivity contribution in [3.63, 3.8) is 0 Å². The van der Waals surface area contributed by atoms with Crippen LogP contribution in [0.5, 0.6) is 0 Å². The van der Waals surface area contributed by atoms with E-state index in [0.717, 1.165) is 63.8 Å². The fourth-order valence-electron chi connectivity index (χ4n) is 3.83. The lowest BCUT2D eigenvalue weighted by molar-refractivity contribution is 0.0224. The van der Waals surface area contributed by atoms with E-state index in [9.17, 15) is 0 Å². The average Bonchev–Trinajstić information content (AvgIpc) is 3.20. The molecule has 1 aliphatic heterocycles. The van der Waals surface area contributed by atoms with Crippen LogP contribution < -0.4 is 10.6 Å². The minimum Gasteiger partial charge on any atom is -0.376 e. The third kappa shape index (κ3) is 6.93. The van der Waals surface area contributed by atoms with Gasteiger partial charge in [0.15, 0.2) is 5.96 Å². The molecule has 7 heteroatoms. The number of hydrogen-bond donors (Lipinski definition) is 2. The molecule has 1 aromatic heterocycles. The number of guanidine groups is 1. The number of aryl methyl sites for hydroxylation is 1. The second-order valence-electron chi connectivity index (χ2n) is 7.68. The maximum atomic E-state index is 5.83. The molecule has 28 heavy (non-hydrogen) atoms. The first-order chi connectivity index (χ1) is 13.8. The first-order valence-electron chi connectivity index (χ1n) is 11.0. The van der Waals surface area contributed by atoms with E-state index in [0.29, 0.717) is 0 Å². The largest absolute Gasteiger partial charge is 0.376 e. The number of aromatic nitrogens is 3. The van der Waals surface area contributed by atoms with Crippen LogP contribution in [0.3, 0.4) is 0 Å². The molecular formula is C21H36N6O. The Bertz CT molecular complexity index is 633. The standard InChI is InChI=1S/C21H36N6O/c1-2-20-26-25-17-27(20)14-13-23-21(24-16-19-10-6-7-15-28-19)22-12-11-18-8-4-3-5-9-18/h8,17,19H,2-7,9-16H2,1H3,(H2,22,23,24). The van der Waals surface area contributed by atoms with Crippen molar-refractivity contribution in [2.75, 3.05) is 26.2 Å². The zero-order chi connectivity index (χ0) is 19.4. The molecule has 2 heterocycles. The van der Waals surface area contributed by atoms with Gasteiger partial charge in [-0.2, -0.15) is 0 Å². The van der Waals surface area contributed by atoms with Crippen molar-refractivity contribution in [1.82, 2.24) is 25.4 Å². The number of nitrogens with zero attached hydrogens (tertiary/aromatic N) is 4. The van der Waals surface area contributed by atoms with E-state index in [1.54, 1.807) is 11.9 Å². The van der Waals surface area contributed by atoms with E-state index >= 15 is 0 Å². The Morgan fingerprint density at radius 1 is 1.25 bits per heavy atom. The highest BCUT2D eigenvalue weighted by Gasteiger charge is 2.13. The molecule has 1 aliphatic carbocycles. The third-order valence-corrected chi connectivity index (χ3v) is 5.51. The lowest BCUT2D eigenvalue weighted by atomic mass is 9.97. The fourth-order valence-corrected chi connectivity index (χ4v) is 3.83. The van der Waals surface area contributed by atoms with Crippen molar-refractivity contribution in [2.45, 2.75) is 77.4 Å². The lowest BCUT2D eigenvalue weighted by Crippen LogP contribution is -2.40. The van der Waals surface area contributed by atoms with E-state index in [4.69, 9.17) is 9.73 Å². The number of ether oxygens (including phenoxy) is 1. The van der Waals surface area contributed by atoms with Crippen LogP contribution in [-0.2, 0) is 17.7 Å². The van der Waals surface area contributed by atoms with Gasteiger partial charge in [-0.3, -0.25) is 4.99 Å². The van der Waals surface area contributed by atoms with Crippen LogP contribution in [0.15, 0.2) is 23.0 Å². The van der Waals surface area contributed by atoms with Crippen molar-refractivity contribution in [3.05, 3.63) is 23.8 Å². The number of allylic oxidation sites excluding steroid dienone is 1. The van der Waals surface area contributed by atoms with Crippen LogP contribution >= 0.6 is 0 Å². The van der Waals surface area contributed by atoms with Gasteiger partial charge in [0, 0.05) is 32.7 Å².